The Bertz CT molecular complexity index is 109. The molecule has 0 aliphatic heterocycles. The van der Waals surface area contributed by atoms with Crippen molar-refractivity contribution in [2.24, 2.45) is 0 Å². The van der Waals surface area contributed by atoms with Gasteiger partial charge in [0.1, 0.15) is 0 Å². The summed E-state index contributed by atoms with van der Waals surface area (Å²) in [5, 5.41) is 8.74. The molecular formula is C9H19NOS. The second-order valence-corrected chi connectivity index (χ2v) is 3.90. The lowest BCUT2D eigenvalue weighted by molar-refractivity contribution is 0.215. The molecule has 2 nitrogen and oxygen atoms in total. The van der Waals surface area contributed by atoms with Gasteiger partial charge in [-0.2, -0.15) is 11.8 Å². The van der Waals surface area contributed by atoms with Crippen molar-refractivity contribution < 1.29 is 5.11 Å². The van der Waals surface area contributed by atoms with Crippen LogP contribution in [-0.4, -0.2) is 47.8 Å². The third-order valence-corrected chi connectivity index (χ3v) is 2.44. The summed E-state index contributed by atoms with van der Waals surface area (Å²) >= 11 is 1.93. The molecule has 0 radical (unpaired) electrons. The number of nitrogens with zero attached hydrogens (tertiary/aromatic N) is 1. The Hall–Kier alpha value is 0.0100. The van der Waals surface area contributed by atoms with Crippen LogP contribution in [0.15, 0.2) is 12.7 Å². The van der Waals surface area contributed by atoms with E-state index in [2.05, 4.69) is 18.4 Å². The maximum Gasteiger partial charge on any atom is 0.0558 e. The van der Waals surface area contributed by atoms with Gasteiger partial charge in [0.15, 0.2) is 0 Å². The first-order chi connectivity index (χ1) is 5.85. The third kappa shape index (κ3) is 6.70. The molecule has 0 spiro atoms. The molecule has 1 N–H and O–H groups in total. The van der Waals surface area contributed by atoms with Crippen molar-refractivity contribution in [2.45, 2.75) is 6.92 Å². The van der Waals surface area contributed by atoms with Crippen LogP contribution in [0, 0.1) is 0 Å². The summed E-state index contributed by atoms with van der Waals surface area (Å²) < 4.78 is 0. The molecule has 0 atom stereocenters. The number of aliphatic hydroxyl groups is 1. The molecule has 0 aromatic rings. The molecule has 3 heteroatoms. The minimum absolute atomic E-state index is 0.241. The fraction of sp³-hybridized carbons (Fsp3) is 0.778. The molecule has 0 aromatic carbocycles. The van der Waals surface area contributed by atoms with Crippen LogP contribution in [-0.2, 0) is 0 Å². The van der Waals surface area contributed by atoms with E-state index in [-0.39, 0.29) is 6.61 Å². The van der Waals surface area contributed by atoms with E-state index in [1.54, 1.807) is 0 Å². The minimum Gasteiger partial charge on any atom is -0.395 e. The molecule has 0 aromatic heterocycles. The van der Waals surface area contributed by atoms with Gasteiger partial charge < -0.3 is 5.11 Å². The van der Waals surface area contributed by atoms with E-state index in [4.69, 9.17) is 5.11 Å². The lowest BCUT2D eigenvalue weighted by Gasteiger charge is -2.18. The predicted molar refractivity (Wildman–Crippen MR) is 56.7 cm³/mol. The zero-order valence-electron chi connectivity index (χ0n) is 7.83. The first-order valence-corrected chi connectivity index (χ1v) is 5.52. The highest BCUT2D eigenvalue weighted by molar-refractivity contribution is 7.99. The Balaban J connectivity index is 3.40. The van der Waals surface area contributed by atoms with E-state index >= 15 is 0 Å². The van der Waals surface area contributed by atoms with Gasteiger partial charge in [0, 0.05) is 25.4 Å². The van der Waals surface area contributed by atoms with Gasteiger partial charge in [-0.25, -0.2) is 0 Å². The molecule has 0 aliphatic rings. The second-order valence-electron chi connectivity index (χ2n) is 2.51. The molecule has 0 aliphatic carbocycles. The summed E-state index contributed by atoms with van der Waals surface area (Å²) in [6.07, 6.45) is 1.88. The van der Waals surface area contributed by atoms with Crippen molar-refractivity contribution in [2.75, 3.05) is 37.7 Å². The van der Waals surface area contributed by atoms with Crippen molar-refractivity contribution in [1.29, 1.82) is 0 Å². The van der Waals surface area contributed by atoms with Crippen molar-refractivity contribution in [3.05, 3.63) is 12.7 Å². The minimum atomic E-state index is 0.241. The van der Waals surface area contributed by atoms with E-state index in [0.29, 0.717) is 0 Å². The zero-order chi connectivity index (χ0) is 9.23. The van der Waals surface area contributed by atoms with Crippen LogP contribution in [0.5, 0.6) is 0 Å². The normalized spacial score (nSPS) is 10.6. The summed E-state index contributed by atoms with van der Waals surface area (Å²) in [7, 11) is 0. The summed E-state index contributed by atoms with van der Waals surface area (Å²) in [6.45, 7) is 8.77. The van der Waals surface area contributed by atoms with Gasteiger partial charge in [0.05, 0.1) is 6.61 Å². The molecule has 12 heavy (non-hydrogen) atoms. The number of hydrogen-bond donors (Lipinski definition) is 1. The lowest BCUT2D eigenvalue weighted by Crippen LogP contribution is -2.29. The smallest absolute Gasteiger partial charge is 0.0558 e. The molecular weight excluding hydrogens is 170 g/mol. The van der Waals surface area contributed by atoms with Crippen molar-refractivity contribution >= 4 is 11.8 Å². The highest BCUT2D eigenvalue weighted by Crippen LogP contribution is 1.99. The molecule has 0 amide bonds. The maximum absolute atomic E-state index is 8.74. The largest absolute Gasteiger partial charge is 0.395 e. The van der Waals surface area contributed by atoms with Crippen molar-refractivity contribution in [3.63, 3.8) is 0 Å². The highest BCUT2D eigenvalue weighted by Gasteiger charge is 2.00. The molecule has 0 rings (SSSR count). The van der Waals surface area contributed by atoms with Crippen LogP contribution in [0.3, 0.4) is 0 Å². The van der Waals surface area contributed by atoms with E-state index < -0.39 is 0 Å². The summed E-state index contributed by atoms with van der Waals surface area (Å²) in [5.41, 5.74) is 0. The summed E-state index contributed by atoms with van der Waals surface area (Å²) in [6, 6.07) is 0. The molecule has 0 unspecified atom stereocenters. The molecule has 0 saturated heterocycles. The molecule has 72 valence electrons. The van der Waals surface area contributed by atoms with Crippen molar-refractivity contribution in [3.8, 4) is 0 Å². The van der Waals surface area contributed by atoms with Gasteiger partial charge in [0.2, 0.25) is 0 Å². The monoisotopic (exact) mass is 189 g/mol. The van der Waals surface area contributed by atoms with Crippen LogP contribution in [0.1, 0.15) is 6.92 Å². The van der Waals surface area contributed by atoms with Crippen LogP contribution >= 0.6 is 11.8 Å². The van der Waals surface area contributed by atoms with Gasteiger partial charge >= 0.3 is 0 Å². The first kappa shape index (κ1) is 12.0. The topological polar surface area (TPSA) is 23.5 Å². The standard InChI is InChI=1S/C9H19NOS/c1-3-5-10(6-8-11)7-9-12-4-2/h3,11H,1,4-9H2,2H3. The Morgan fingerprint density at radius 2 is 2.25 bits per heavy atom. The van der Waals surface area contributed by atoms with E-state index in [1.165, 1.54) is 5.75 Å². The fourth-order valence-corrected chi connectivity index (χ4v) is 1.63. The second kappa shape index (κ2) is 9.10. The SMILES string of the molecule is C=CCN(CCO)CCSCC. The molecule has 0 heterocycles. The highest BCUT2D eigenvalue weighted by atomic mass is 32.2. The summed E-state index contributed by atoms with van der Waals surface area (Å²) in [5.74, 6) is 2.31. The summed E-state index contributed by atoms with van der Waals surface area (Å²) in [4.78, 5) is 2.20. The van der Waals surface area contributed by atoms with Gasteiger partial charge in [-0.3, -0.25) is 4.90 Å². The van der Waals surface area contributed by atoms with Gasteiger partial charge in [-0.15, -0.1) is 6.58 Å². The van der Waals surface area contributed by atoms with E-state index in [0.717, 1.165) is 25.4 Å². The van der Waals surface area contributed by atoms with Crippen LogP contribution in [0.2, 0.25) is 0 Å². The number of aliphatic hydroxyl groups excluding tert-OH is 1. The first-order valence-electron chi connectivity index (χ1n) is 4.37. The predicted octanol–water partition coefficient (Wildman–Crippen LogP) is 1.22. The Labute approximate surface area is 79.6 Å². The van der Waals surface area contributed by atoms with Crippen LogP contribution < -0.4 is 0 Å². The van der Waals surface area contributed by atoms with E-state index in [9.17, 15) is 0 Å². The van der Waals surface area contributed by atoms with Crippen molar-refractivity contribution in [1.82, 2.24) is 4.90 Å². The van der Waals surface area contributed by atoms with E-state index in [1.807, 2.05) is 17.8 Å². The fourth-order valence-electron chi connectivity index (χ4n) is 0.956. The van der Waals surface area contributed by atoms with Gasteiger partial charge in [-0.05, 0) is 5.75 Å². The maximum atomic E-state index is 8.74. The average Bonchev–Trinajstić information content (AvgIpc) is 2.06. The van der Waals surface area contributed by atoms with Gasteiger partial charge in [0.25, 0.3) is 0 Å². The molecule has 0 fully saturated rings. The molecule has 0 saturated carbocycles. The Kier molecular flexibility index (Phi) is 9.11. The van der Waals surface area contributed by atoms with Crippen LogP contribution in [0.25, 0.3) is 0 Å². The quantitative estimate of drug-likeness (QED) is 0.459. The Morgan fingerprint density at radius 3 is 2.75 bits per heavy atom. The zero-order valence-corrected chi connectivity index (χ0v) is 8.65. The lowest BCUT2D eigenvalue weighted by atomic mass is 10.4. The number of hydrogen-bond acceptors (Lipinski definition) is 3. The van der Waals surface area contributed by atoms with Crippen LogP contribution in [0.4, 0.5) is 0 Å². The Morgan fingerprint density at radius 1 is 1.50 bits per heavy atom. The third-order valence-electron chi connectivity index (χ3n) is 1.56. The van der Waals surface area contributed by atoms with Gasteiger partial charge in [-0.1, -0.05) is 13.0 Å². The average molecular weight is 189 g/mol. The number of thioether (sulfide) groups is 1. The number of rotatable bonds is 8. The molecule has 0 bridgehead atoms.